The van der Waals surface area contributed by atoms with E-state index >= 15 is 0 Å². The summed E-state index contributed by atoms with van der Waals surface area (Å²) in [4.78, 5) is 23.4. The molecule has 0 saturated carbocycles. The van der Waals surface area contributed by atoms with E-state index in [0.29, 0.717) is 10.0 Å². The average Bonchev–Trinajstić information content (AvgIpc) is 3.38. The lowest BCUT2D eigenvalue weighted by Gasteiger charge is -1.97. The first-order valence-corrected chi connectivity index (χ1v) is 11.2. The average molecular weight is 472 g/mol. The molecule has 4 nitrogen and oxygen atoms in total. The largest absolute Gasteiger partial charge is 0.297 e. The van der Waals surface area contributed by atoms with Gasteiger partial charge >= 0.3 is 0 Å². The molecule has 0 atom stereocenters. The van der Waals surface area contributed by atoms with Crippen molar-refractivity contribution in [3.63, 3.8) is 0 Å². The highest BCUT2D eigenvalue weighted by atomic mass is 79.9. The monoisotopic (exact) mass is 471 g/mol. The Morgan fingerprint density at radius 3 is 2.63 bits per heavy atom. The Labute approximate surface area is 174 Å². The van der Waals surface area contributed by atoms with Crippen LogP contribution in [-0.2, 0) is 0 Å². The molecule has 5 aromatic rings. The second kappa shape index (κ2) is 6.79. The Hall–Kier alpha value is -2.13. The molecule has 5 rings (SSSR count). The number of thiazole rings is 2. The van der Waals surface area contributed by atoms with Crippen LogP contribution < -0.4 is 5.32 Å². The fraction of sp³-hybridized carbons (Fsp3) is 0. The number of carbonyl (C=O) groups excluding carboxylic acids is 1. The highest BCUT2D eigenvalue weighted by molar-refractivity contribution is 9.10. The van der Waals surface area contributed by atoms with Crippen LogP contribution in [-0.4, -0.2) is 15.9 Å². The molecule has 3 aromatic heterocycles. The van der Waals surface area contributed by atoms with Crippen LogP contribution in [0.3, 0.4) is 0 Å². The molecule has 0 spiro atoms. The van der Waals surface area contributed by atoms with Gasteiger partial charge in [-0.2, -0.15) is 0 Å². The summed E-state index contributed by atoms with van der Waals surface area (Å²) in [7, 11) is 0. The first-order chi connectivity index (χ1) is 13.2. The van der Waals surface area contributed by atoms with Gasteiger partial charge in [-0.3, -0.25) is 10.1 Å². The summed E-state index contributed by atoms with van der Waals surface area (Å²) in [5.74, 6) is -0.148. The molecule has 3 heterocycles. The van der Waals surface area contributed by atoms with Gasteiger partial charge in [0, 0.05) is 4.47 Å². The van der Waals surface area contributed by atoms with Crippen molar-refractivity contribution in [1.82, 2.24) is 9.97 Å². The molecule has 8 heteroatoms. The molecule has 0 aliphatic carbocycles. The molecule has 0 bridgehead atoms. The van der Waals surface area contributed by atoms with E-state index < -0.39 is 0 Å². The van der Waals surface area contributed by atoms with Crippen LogP contribution in [0.25, 0.3) is 30.3 Å². The van der Waals surface area contributed by atoms with E-state index in [1.54, 1.807) is 11.3 Å². The molecule has 0 fully saturated rings. The van der Waals surface area contributed by atoms with E-state index in [2.05, 4.69) is 37.3 Å². The number of nitrogens with one attached hydrogen (secondary N) is 1. The number of hydrogen-bond donors (Lipinski definition) is 1. The summed E-state index contributed by atoms with van der Waals surface area (Å²) in [6, 6.07) is 17.7. The number of amides is 1. The number of anilines is 1. The van der Waals surface area contributed by atoms with E-state index in [9.17, 15) is 4.79 Å². The maximum absolute atomic E-state index is 12.6. The second-order valence-electron chi connectivity index (χ2n) is 5.74. The number of para-hydroxylation sites is 1. The van der Waals surface area contributed by atoms with Gasteiger partial charge in [-0.15, -0.1) is 22.7 Å². The Balaban J connectivity index is 1.40. The first kappa shape index (κ1) is 17.0. The molecule has 1 amide bonds. The smallest absolute Gasteiger partial charge is 0.267 e. The number of nitrogens with zero attached hydrogens (tertiary/aromatic N) is 2. The summed E-state index contributed by atoms with van der Waals surface area (Å²) in [6.07, 6.45) is 0. The van der Waals surface area contributed by atoms with Gasteiger partial charge in [0.15, 0.2) is 5.13 Å². The Bertz CT molecular complexity index is 1270. The van der Waals surface area contributed by atoms with Crippen molar-refractivity contribution in [1.29, 1.82) is 0 Å². The maximum atomic E-state index is 12.6. The highest BCUT2D eigenvalue weighted by Crippen LogP contribution is 2.35. The zero-order valence-electron chi connectivity index (χ0n) is 13.6. The van der Waals surface area contributed by atoms with E-state index in [1.165, 1.54) is 22.7 Å². The van der Waals surface area contributed by atoms with Crippen molar-refractivity contribution in [3.05, 3.63) is 63.9 Å². The normalized spacial score (nSPS) is 11.3. The Kier molecular flexibility index (Phi) is 4.28. The predicted octanol–water partition coefficient (Wildman–Crippen LogP) is 6.65. The van der Waals surface area contributed by atoms with Gasteiger partial charge < -0.3 is 0 Å². The van der Waals surface area contributed by atoms with Crippen LogP contribution in [0.15, 0.2) is 59.1 Å². The van der Waals surface area contributed by atoms with Gasteiger partial charge in [-0.05, 0) is 42.5 Å². The van der Waals surface area contributed by atoms with Gasteiger partial charge in [0.1, 0.15) is 5.01 Å². The number of fused-ring (bicyclic) bond motifs is 2. The van der Waals surface area contributed by atoms with Crippen LogP contribution in [0.5, 0.6) is 0 Å². The second-order valence-corrected chi connectivity index (χ2v) is 9.80. The molecule has 2 aromatic carbocycles. The summed E-state index contributed by atoms with van der Waals surface area (Å²) in [5.41, 5.74) is 1.86. The van der Waals surface area contributed by atoms with Crippen molar-refractivity contribution in [3.8, 4) is 9.88 Å². The minimum absolute atomic E-state index is 0.148. The van der Waals surface area contributed by atoms with Crippen LogP contribution in [0.4, 0.5) is 5.13 Å². The van der Waals surface area contributed by atoms with E-state index in [4.69, 9.17) is 0 Å². The zero-order chi connectivity index (χ0) is 18.4. The zero-order valence-corrected chi connectivity index (χ0v) is 17.6. The number of rotatable bonds is 3. The summed E-state index contributed by atoms with van der Waals surface area (Å²) in [6.45, 7) is 0. The number of hydrogen-bond acceptors (Lipinski definition) is 6. The fourth-order valence-corrected chi connectivity index (χ4v) is 6.00. The summed E-state index contributed by atoms with van der Waals surface area (Å²) in [5, 5.41) is 4.44. The van der Waals surface area contributed by atoms with Crippen molar-refractivity contribution in [2.75, 3.05) is 5.32 Å². The molecule has 132 valence electrons. The number of aromatic nitrogens is 2. The van der Waals surface area contributed by atoms with Crippen molar-refractivity contribution in [2.45, 2.75) is 0 Å². The molecule has 0 radical (unpaired) electrons. The SMILES string of the molecule is O=C(Nc1nc2ccc(Br)cc2s1)c1ccc(-c2nc3ccccc3s2)s1. The van der Waals surface area contributed by atoms with Crippen molar-refractivity contribution < 1.29 is 4.79 Å². The third-order valence-electron chi connectivity index (χ3n) is 3.91. The highest BCUT2D eigenvalue weighted by Gasteiger charge is 2.15. The van der Waals surface area contributed by atoms with Crippen LogP contribution in [0, 0.1) is 0 Å². The minimum Gasteiger partial charge on any atom is -0.297 e. The minimum atomic E-state index is -0.148. The van der Waals surface area contributed by atoms with E-state index in [0.717, 1.165) is 34.8 Å². The van der Waals surface area contributed by atoms with Gasteiger partial charge in [0.25, 0.3) is 5.91 Å². The molecular weight excluding hydrogens is 462 g/mol. The van der Waals surface area contributed by atoms with Crippen LogP contribution in [0.1, 0.15) is 9.67 Å². The Morgan fingerprint density at radius 2 is 1.74 bits per heavy atom. The molecule has 27 heavy (non-hydrogen) atoms. The van der Waals surface area contributed by atoms with Crippen molar-refractivity contribution in [2.24, 2.45) is 0 Å². The lowest BCUT2D eigenvalue weighted by atomic mass is 10.3. The van der Waals surface area contributed by atoms with Crippen LogP contribution >= 0.6 is 49.9 Å². The number of thiophene rings is 1. The third kappa shape index (κ3) is 3.29. The molecular formula is C19H10BrN3OS3. The lowest BCUT2D eigenvalue weighted by Crippen LogP contribution is -2.09. The van der Waals surface area contributed by atoms with Gasteiger partial charge in [0.05, 0.1) is 30.2 Å². The number of benzene rings is 2. The van der Waals surface area contributed by atoms with Crippen LogP contribution in [0.2, 0.25) is 0 Å². The number of carbonyl (C=O) groups is 1. The Morgan fingerprint density at radius 1 is 0.889 bits per heavy atom. The third-order valence-corrected chi connectivity index (χ3v) is 7.62. The maximum Gasteiger partial charge on any atom is 0.267 e. The number of halogens is 1. The summed E-state index contributed by atoms with van der Waals surface area (Å²) >= 11 is 8.00. The molecule has 0 saturated heterocycles. The van der Waals surface area contributed by atoms with Crippen molar-refractivity contribution >= 4 is 81.4 Å². The predicted molar refractivity (Wildman–Crippen MR) is 118 cm³/mol. The lowest BCUT2D eigenvalue weighted by molar-refractivity contribution is 0.103. The standard InChI is InChI=1S/C19H10BrN3OS3/c20-10-5-6-12-16(9-10)27-19(22-12)23-17(24)14-7-8-15(25-14)18-21-11-3-1-2-4-13(11)26-18/h1-9H,(H,22,23,24). The first-order valence-electron chi connectivity index (χ1n) is 7.99. The quantitative estimate of drug-likeness (QED) is 0.320. The molecule has 0 aliphatic heterocycles. The van der Waals surface area contributed by atoms with Gasteiger partial charge in [-0.1, -0.05) is 39.4 Å². The van der Waals surface area contributed by atoms with E-state index in [1.807, 2.05) is 48.5 Å². The van der Waals surface area contributed by atoms with Gasteiger partial charge in [-0.25, -0.2) is 9.97 Å². The van der Waals surface area contributed by atoms with E-state index in [-0.39, 0.29) is 5.91 Å². The topological polar surface area (TPSA) is 54.9 Å². The fourth-order valence-electron chi connectivity index (χ4n) is 2.66. The van der Waals surface area contributed by atoms with Gasteiger partial charge in [0.2, 0.25) is 0 Å². The summed E-state index contributed by atoms with van der Waals surface area (Å²) < 4.78 is 3.17. The molecule has 0 unspecified atom stereocenters. The molecule has 0 aliphatic rings. The molecule has 1 N–H and O–H groups in total.